The highest BCUT2D eigenvalue weighted by atomic mass is 35.5. The molecule has 0 unspecified atom stereocenters. The Morgan fingerprint density at radius 3 is 2.34 bits per heavy atom. The van der Waals surface area contributed by atoms with Crippen LogP contribution in [0.4, 0.5) is 21.7 Å². The normalized spacial score (nSPS) is 18.5. The minimum atomic E-state index is -0.418. The second-order valence-electron chi connectivity index (χ2n) is 9.61. The van der Waals surface area contributed by atoms with Gasteiger partial charge in [-0.05, 0) is 44.3 Å². The summed E-state index contributed by atoms with van der Waals surface area (Å²) in [5, 5.41) is 3.67. The Balaban J connectivity index is 1.50. The van der Waals surface area contributed by atoms with Gasteiger partial charge in [0.15, 0.2) is 0 Å². The summed E-state index contributed by atoms with van der Waals surface area (Å²) in [7, 11) is 2.07. The van der Waals surface area contributed by atoms with Crippen LogP contribution in [0.1, 0.15) is 17.3 Å². The van der Waals surface area contributed by atoms with Crippen LogP contribution in [0, 0.1) is 5.82 Å². The van der Waals surface area contributed by atoms with Gasteiger partial charge in [0.25, 0.3) is 5.91 Å². The summed E-state index contributed by atoms with van der Waals surface area (Å²) in [6, 6.07) is 8.04. The third kappa shape index (κ3) is 5.86. The van der Waals surface area contributed by atoms with E-state index in [2.05, 4.69) is 39.1 Å². The molecule has 8 nitrogen and oxygen atoms in total. The number of carbonyl (C=O) groups excluding carboxylic acids is 1. The van der Waals surface area contributed by atoms with Crippen LogP contribution >= 0.6 is 23.2 Å². The van der Waals surface area contributed by atoms with E-state index in [0.717, 1.165) is 6.54 Å². The molecule has 0 spiro atoms. The first-order chi connectivity index (χ1) is 18.3. The second-order valence-corrected chi connectivity index (χ2v) is 10.5. The molecule has 38 heavy (non-hydrogen) atoms. The fourth-order valence-electron chi connectivity index (χ4n) is 4.68. The summed E-state index contributed by atoms with van der Waals surface area (Å²) >= 11 is 12.2. The molecule has 5 rings (SSSR count). The van der Waals surface area contributed by atoms with E-state index in [1.807, 2.05) is 4.90 Å². The average Bonchev–Trinajstić information content (AvgIpc) is 2.91. The van der Waals surface area contributed by atoms with Crippen LogP contribution < -0.4 is 15.1 Å². The van der Waals surface area contributed by atoms with Crippen molar-refractivity contribution in [3.63, 3.8) is 0 Å². The first-order valence-electron chi connectivity index (χ1n) is 12.5. The van der Waals surface area contributed by atoms with E-state index in [-0.39, 0.29) is 6.04 Å². The predicted octanol–water partition coefficient (Wildman–Crippen LogP) is 4.82. The number of hydrogen-bond acceptors (Lipinski definition) is 7. The number of rotatable bonds is 5. The lowest BCUT2D eigenvalue weighted by molar-refractivity contribution is 0.102. The quantitative estimate of drug-likeness (QED) is 0.481. The Bertz CT molecular complexity index is 1300. The van der Waals surface area contributed by atoms with E-state index in [0.29, 0.717) is 83.5 Å². The molecule has 0 aliphatic carbocycles. The van der Waals surface area contributed by atoms with Gasteiger partial charge in [-0.2, -0.15) is 0 Å². The van der Waals surface area contributed by atoms with Crippen molar-refractivity contribution in [2.24, 2.45) is 0 Å². The van der Waals surface area contributed by atoms with Crippen LogP contribution in [0.25, 0.3) is 11.1 Å². The van der Waals surface area contributed by atoms with Crippen LogP contribution in [-0.2, 0) is 4.74 Å². The molecule has 1 atom stereocenters. The maximum absolute atomic E-state index is 15.6. The van der Waals surface area contributed by atoms with Crippen LogP contribution in [0.5, 0.6) is 0 Å². The number of nitrogens with zero attached hydrogens (tertiary/aromatic N) is 5. The van der Waals surface area contributed by atoms with Crippen molar-refractivity contribution in [1.29, 1.82) is 0 Å². The number of halogens is 3. The minimum Gasteiger partial charge on any atom is -0.378 e. The van der Waals surface area contributed by atoms with Crippen molar-refractivity contribution >= 4 is 46.4 Å². The number of nitrogens with one attached hydrogen (secondary N) is 1. The van der Waals surface area contributed by atoms with Crippen LogP contribution in [0.2, 0.25) is 10.0 Å². The number of likely N-dealkylation sites (N-methyl/N-ethyl adjacent to an activating group) is 1. The van der Waals surface area contributed by atoms with Gasteiger partial charge in [-0.3, -0.25) is 4.79 Å². The summed E-state index contributed by atoms with van der Waals surface area (Å²) in [6.07, 6.45) is 3.21. The smallest absolute Gasteiger partial charge is 0.255 e. The lowest BCUT2D eigenvalue weighted by atomic mass is 10.0. The van der Waals surface area contributed by atoms with E-state index in [1.54, 1.807) is 36.7 Å². The maximum atomic E-state index is 15.6. The van der Waals surface area contributed by atoms with Crippen LogP contribution in [-0.4, -0.2) is 79.8 Å². The van der Waals surface area contributed by atoms with E-state index >= 15 is 4.39 Å². The Kier molecular flexibility index (Phi) is 7.99. The van der Waals surface area contributed by atoms with E-state index in [4.69, 9.17) is 27.9 Å². The molecule has 1 N–H and O–H groups in total. The molecule has 2 fully saturated rings. The summed E-state index contributed by atoms with van der Waals surface area (Å²) in [4.78, 5) is 28.5. The second kappa shape index (κ2) is 11.4. The van der Waals surface area contributed by atoms with E-state index in [9.17, 15) is 4.79 Å². The molecule has 1 amide bonds. The summed E-state index contributed by atoms with van der Waals surface area (Å²) < 4.78 is 21.0. The summed E-state index contributed by atoms with van der Waals surface area (Å²) in [6.45, 7) is 6.97. The van der Waals surface area contributed by atoms with Gasteiger partial charge in [-0.1, -0.05) is 23.2 Å². The van der Waals surface area contributed by atoms with Gasteiger partial charge >= 0.3 is 0 Å². The van der Waals surface area contributed by atoms with Gasteiger partial charge in [-0.15, -0.1) is 0 Å². The van der Waals surface area contributed by atoms with Crippen molar-refractivity contribution in [1.82, 2.24) is 14.9 Å². The highest BCUT2D eigenvalue weighted by Gasteiger charge is 2.25. The SMILES string of the molecule is C[C@@H]1CN(c2cc(F)c(-c3cnc(N4CCOCC4)nc3)cc2NC(=O)c2cc(Cl)cc(Cl)c2)CCN1C. The lowest BCUT2D eigenvalue weighted by Gasteiger charge is -2.39. The monoisotopic (exact) mass is 558 g/mol. The molecular formula is C27H29Cl2FN6O2. The van der Waals surface area contributed by atoms with Gasteiger partial charge in [0.2, 0.25) is 5.95 Å². The fraction of sp³-hybridized carbons (Fsp3) is 0.370. The van der Waals surface area contributed by atoms with Gasteiger partial charge in [0.1, 0.15) is 5.82 Å². The largest absolute Gasteiger partial charge is 0.378 e. The van der Waals surface area contributed by atoms with Gasteiger partial charge < -0.3 is 24.8 Å². The molecule has 0 bridgehead atoms. The number of ether oxygens (including phenoxy) is 1. The predicted molar refractivity (Wildman–Crippen MR) is 149 cm³/mol. The first-order valence-corrected chi connectivity index (χ1v) is 13.3. The number of aromatic nitrogens is 2. The molecular weight excluding hydrogens is 530 g/mol. The van der Waals surface area contributed by atoms with Crippen molar-refractivity contribution in [2.45, 2.75) is 13.0 Å². The number of hydrogen-bond donors (Lipinski definition) is 1. The Labute approximate surface area is 231 Å². The standard InChI is InChI=1S/C27H29Cl2FN6O2/c1-17-16-36(4-3-34(17)2)25-13-23(30)22(19-14-31-27(32-15-19)35-5-7-38-8-6-35)12-24(25)33-26(37)18-9-20(28)11-21(29)10-18/h9-15,17H,3-8,16H2,1-2H3,(H,33,37)/t17-/m1/s1. The van der Waals surface area contributed by atoms with Crippen molar-refractivity contribution < 1.29 is 13.9 Å². The molecule has 2 aliphatic rings. The number of piperazine rings is 1. The zero-order valence-electron chi connectivity index (χ0n) is 21.3. The van der Waals surface area contributed by atoms with Crippen molar-refractivity contribution in [2.75, 3.05) is 68.1 Å². The Morgan fingerprint density at radius 2 is 1.68 bits per heavy atom. The van der Waals surface area contributed by atoms with Gasteiger partial charge in [0, 0.05) is 77.9 Å². The highest BCUT2D eigenvalue weighted by Crippen LogP contribution is 2.36. The number of benzene rings is 2. The number of morpholine rings is 1. The molecule has 3 heterocycles. The molecule has 1 aromatic heterocycles. The van der Waals surface area contributed by atoms with Crippen LogP contribution in [0.3, 0.4) is 0 Å². The molecule has 2 aliphatic heterocycles. The number of amides is 1. The fourth-order valence-corrected chi connectivity index (χ4v) is 5.21. The summed E-state index contributed by atoms with van der Waals surface area (Å²) in [5.74, 6) is -0.237. The molecule has 2 saturated heterocycles. The molecule has 11 heteroatoms. The highest BCUT2D eigenvalue weighted by molar-refractivity contribution is 6.35. The van der Waals surface area contributed by atoms with Gasteiger partial charge in [-0.25, -0.2) is 14.4 Å². The van der Waals surface area contributed by atoms with Crippen LogP contribution in [0.15, 0.2) is 42.7 Å². The Hall–Kier alpha value is -2.98. The van der Waals surface area contributed by atoms with E-state index in [1.165, 1.54) is 6.07 Å². The molecule has 200 valence electrons. The van der Waals surface area contributed by atoms with Gasteiger partial charge in [0.05, 0.1) is 24.6 Å². The number of carbonyl (C=O) groups is 1. The molecule has 3 aromatic rings. The lowest BCUT2D eigenvalue weighted by Crippen LogP contribution is -2.50. The third-order valence-corrected chi connectivity index (χ3v) is 7.44. The van der Waals surface area contributed by atoms with Crippen molar-refractivity contribution in [3.8, 4) is 11.1 Å². The number of anilines is 3. The molecule has 0 saturated carbocycles. The third-order valence-electron chi connectivity index (χ3n) is 7.00. The summed E-state index contributed by atoms with van der Waals surface area (Å²) in [5.41, 5.74) is 2.21. The zero-order chi connectivity index (χ0) is 26.8. The Morgan fingerprint density at radius 1 is 1.00 bits per heavy atom. The molecule has 0 radical (unpaired) electrons. The molecule has 2 aromatic carbocycles. The topological polar surface area (TPSA) is 73.8 Å². The maximum Gasteiger partial charge on any atom is 0.255 e. The average molecular weight is 559 g/mol. The first kappa shape index (κ1) is 26.6. The zero-order valence-corrected chi connectivity index (χ0v) is 22.8. The van der Waals surface area contributed by atoms with E-state index < -0.39 is 11.7 Å². The minimum absolute atomic E-state index is 0.267. The van der Waals surface area contributed by atoms with Crippen molar-refractivity contribution in [3.05, 3.63) is 64.2 Å².